The van der Waals surface area contributed by atoms with Crippen molar-refractivity contribution in [1.82, 2.24) is 30.2 Å². The molecule has 4 rings (SSSR count). The number of amides is 2. The molecule has 0 aromatic carbocycles. The van der Waals surface area contributed by atoms with Gasteiger partial charge in [-0.05, 0) is 39.7 Å². The van der Waals surface area contributed by atoms with Gasteiger partial charge in [-0.25, -0.2) is 19.7 Å². The van der Waals surface area contributed by atoms with Gasteiger partial charge in [0.15, 0.2) is 0 Å². The molecule has 26 heavy (non-hydrogen) atoms. The van der Waals surface area contributed by atoms with Crippen molar-refractivity contribution < 1.29 is 4.79 Å². The number of urea groups is 1. The van der Waals surface area contributed by atoms with Crippen LogP contribution in [0.15, 0.2) is 18.5 Å². The molecule has 0 bridgehead atoms. The molecule has 2 N–H and O–H groups in total. The molecule has 2 amide bonds. The summed E-state index contributed by atoms with van der Waals surface area (Å²) < 4.78 is 0. The molecule has 4 heterocycles. The molecule has 1 fully saturated rings. The Morgan fingerprint density at radius 1 is 1.38 bits per heavy atom. The number of fused-ring (bicyclic) bond motifs is 3. The fourth-order valence-corrected chi connectivity index (χ4v) is 3.80. The number of pyridine rings is 1. The van der Waals surface area contributed by atoms with Crippen molar-refractivity contribution in [3.8, 4) is 0 Å². The number of rotatable bonds is 2. The maximum atomic E-state index is 12.5. The summed E-state index contributed by atoms with van der Waals surface area (Å²) >= 11 is 0. The lowest BCUT2D eigenvalue weighted by molar-refractivity contribution is 0.177. The second kappa shape index (κ2) is 6.55. The van der Waals surface area contributed by atoms with E-state index in [2.05, 4.69) is 20.3 Å². The number of carbonyl (C=O) groups excluding carboxylic acids is 1. The summed E-state index contributed by atoms with van der Waals surface area (Å²) in [4.78, 5) is 31.4. The quantitative estimate of drug-likeness (QED) is 0.742. The van der Waals surface area contributed by atoms with Gasteiger partial charge < -0.3 is 15.2 Å². The molecule has 7 heteroatoms. The summed E-state index contributed by atoms with van der Waals surface area (Å²) in [7, 11) is 0. The summed E-state index contributed by atoms with van der Waals surface area (Å²) in [6.45, 7) is 7.35. The SMILES string of the molecule is Cc1nc(C2CCCN(C(=O)NC(C)C)C2)c2c(cnc3[nH]ccc32)n1. The lowest BCUT2D eigenvalue weighted by atomic mass is 9.91. The highest BCUT2D eigenvalue weighted by Crippen LogP contribution is 2.33. The first-order chi connectivity index (χ1) is 12.5. The maximum Gasteiger partial charge on any atom is 0.317 e. The number of nitrogens with one attached hydrogen (secondary N) is 2. The Kier molecular flexibility index (Phi) is 4.22. The average Bonchev–Trinajstić information content (AvgIpc) is 3.09. The molecule has 1 atom stereocenters. The molecule has 1 aliphatic heterocycles. The van der Waals surface area contributed by atoms with Crippen LogP contribution in [-0.2, 0) is 0 Å². The summed E-state index contributed by atoms with van der Waals surface area (Å²) in [6.07, 6.45) is 5.69. The van der Waals surface area contributed by atoms with Gasteiger partial charge in [0.1, 0.15) is 11.5 Å². The number of likely N-dealkylation sites (tertiary alicyclic amines) is 1. The van der Waals surface area contributed by atoms with Gasteiger partial charge in [-0.1, -0.05) is 0 Å². The van der Waals surface area contributed by atoms with E-state index in [9.17, 15) is 4.79 Å². The lowest BCUT2D eigenvalue weighted by Gasteiger charge is -2.33. The molecule has 0 radical (unpaired) electrons. The summed E-state index contributed by atoms with van der Waals surface area (Å²) in [5, 5.41) is 5.09. The smallest absolute Gasteiger partial charge is 0.317 e. The van der Waals surface area contributed by atoms with Gasteiger partial charge in [-0.3, -0.25) is 0 Å². The predicted molar refractivity (Wildman–Crippen MR) is 101 cm³/mol. The maximum absolute atomic E-state index is 12.5. The van der Waals surface area contributed by atoms with E-state index in [4.69, 9.17) is 4.98 Å². The molecule has 0 spiro atoms. The molecular formula is C19H24N6O. The van der Waals surface area contributed by atoms with E-state index in [-0.39, 0.29) is 18.0 Å². The number of H-pyrrole nitrogens is 1. The second-order valence-electron chi connectivity index (χ2n) is 7.30. The molecular weight excluding hydrogens is 328 g/mol. The van der Waals surface area contributed by atoms with E-state index in [1.807, 2.05) is 37.9 Å². The number of aryl methyl sites for hydroxylation is 1. The van der Waals surface area contributed by atoms with Crippen LogP contribution in [0.5, 0.6) is 0 Å². The highest BCUT2D eigenvalue weighted by molar-refractivity contribution is 6.04. The van der Waals surface area contributed by atoms with Crippen molar-refractivity contribution in [2.75, 3.05) is 13.1 Å². The monoisotopic (exact) mass is 352 g/mol. The first-order valence-corrected chi connectivity index (χ1v) is 9.18. The van der Waals surface area contributed by atoms with Crippen LogP contribution in [0.4, 0.5) is 4.79 Å². The minimum atomic E-state index is 0.00763. The van der Waals surface area contributed by atoms with Crippen LogP contribution in [0.3, 0.4) is 0 Å². The van der Waals surface area contributed by atoms with Crippen LogP contribution < -0.4 is 5.32 Å². The number of carbonyl (C=O) groups is 1. The minimum absolute atomic E-state index is 0.00763. The van der Waals surface area contributed by atoms with Gasteiger partial charge in [0, 0.05) is 42.0 Å². The van der Waals surface area contributed by atoms with Crippen molar-refractivity contribution >= 4 is 28.0 Å². The molecule has 7 nitrogen and oxygen atoms in total. The van der Waals surface area contributed by atoms with Crippen LogP contribution in [0.25, 0.3) is 21.9 Å². The Morgan fingerprint density at radius 2 is 2.23 bits per heavy atom. The normalized spacial score (nSPS) is 18.0. The Balaban J connectivity index is 1.75. The summed E-state index contributed by atoms with van der Waals surface area (Å²) in [5.41, 5.74) is 2.74. The van der Waals surface area contributed by atoms with E-state index in [1.54, 1.807) is 6.20 Å². The van der Waals surface area contributed by atoms with Gasteiger partial charge in [0.05, 0.1) is 17.4 Å². The molecule has 0 saturated carbocycles. The topological polar surface area (TPSA) is 86.8 Å². The van der Waals surface area contributed by atoms with Crippen LogP contribution in [0.1, 0.15) is 44.1 Å². The van der Waals surface area contributed by atoms with Crippen molar-refractivity contribution in [1.29, 1.82) is 0 Å². The first kappa shape index (κ1) is 16.8. The average molecular weight is 352 g/mol. The second-order valence-corrected chi connectivity index (χ2v) is 7.30. The zero-order chi connectivity index (χ0) is 18.3. The van der Waals surface area contributed by atoms with Crippen molar-refractivity contribution in [3.63, 3.8) is 0 Å². The zero-order valence-electron chi connectivity index (χ0n) is 15.4. The Hall–Kier alpha value is -2.70. The third-order valence-electron chi connectivity index (χ3n) is 4.89. The first-order valence-electron chi connectivity index (χ1n) is 9.18. The Labute approximate surface area is 152 Å². The van der Waals surface area contributed by atoms with E-state index in [0.29, 0.717) is 6.54 Å². The number of hydrogen-bond acceptors (Lipinski definition) is 4. The number of piperidine rings is 1. The lowest BCUT2D eigenvalue weighted by Crippen LogP contribution is -2.47. The molecule has 1 saturated heterocycles. The van der Waals surface area contributed by atoms with E-state index < -0.39 is 0 Å². The van der Waals surface area contributed by atoms with Crippen LogP contribution in [-0.4, -0.2) is 50.0 Å². The molecule has 1 unspecified atom stereocenters. The predicted octanol–water partition coefficient (Wildman–Crippen LogP) is 3.11. The number of hydrogen-bond donors (Lipinski definition) is 2. The molecule has 1 aliphatic rings. The van der Waals surface area contributed by atoms with Crippen molar-refractivity contribution in [2.24, 2.45) is 0 Å². The molecule has 0 aliphatic carbocycles. The molecule has 3 aromatic heterocycles. The summed E-state index contributed by atoms with van der Waals surface area (Å²) in [6, 6.07) is 2.17. The fraction of sp³-hybridized carbons (Fsp3) is 0.474. The molecule has 136 valence electrons. The highest BCUT2D eigenvalue weighted by atomic mass is 16.2. The van der Waals surface area contributed by atoms with Gasteiger partial charge in [-0.15, -0.1) is 0 Å². The number of nitrogens with zero attached hydrogens (tertiary/aromatic N) is 4. The molecule has 3 aromatic rings. The third kappa shape index (κ3) is 2.98. The third-order valence-corrected chi connectivity index (χ3v) is 4.89. The minimum Gasteiger partial charge on any atom is -0.346 e. The highest BCUT2D eigenvalue weighted by Gasteiger charge is 2.28. The zero-order valence-corrected chi connectivity index (χ0v) is 15.4. The standard InChI is InChI=1S/C19H24N6O/c1-11(2)22-19(26)25-8-4-5-13(10-25)17-16-14-6-7-20-18(14)21-9-15(16)23-12(3)24-17/h6-7,9,11,13H,4-5,8,10H2,1-3H3,(H,20,21)(H,22,26). The van der Waals surface area contributed by atoms with E-state index >= 15 is 0 Å². The van der Waals surface area contributed by atoms with Gasteiger partial charge in [-0.2, -0.15) is 0 Å². The largest absolute Gasteiger partial charge is 0.346 e. The Bertz CT molecular complexity index is 963. The van der Waals surface area contributed by atoms with Crippen molar-refractivity contribution in [3.05, 3.63) is 30.0 Å². The Morgan fingerprint density at radius 3 is 3.04 bits per heavy atom. The van der Waals surface area contributed by atoms with E-state index in [0.717, 1.165) is 52.8 Å². The van der Waals surface area contributed by atoms with Gasteiger partial charge in [0.25, 0.3) is 0 Å². The van der Waals surface area contributed by atoms with Gasteiger partial charge >= 0.3 is 6.03 Å². The fourth-order valence-electron chi connectivity index (χ4n) is 3.80. The van der Waals surface area contributed by atoms with Crippen LogP contribution in [0, 0.1) is 6.92 Å². The number of aromatic nitrogens is 4. The van der Waals surface area contributed by atoms with Crippen molar-refractivity contribution in [2.45, 2.75) is 45.6 Å². The summed E-state index contributed by atoms with van der Waals surface area (Å²) in [5.74, 6) is 0.944. The van der Waals surface area contributed by atoms with E-state index in [1.165, 1.54) is 0 Å². The van der Waals surface area contributed by atoms with Crippen LogP contribution in [0.2, 0.25) is 0 Å². The van der Waals surface area contributed by atoms with Gasteiger partial charge in [0.2, 0.25) is 0 Å². The number of aromatic amines is 1. The van der Waals surface area contributed by atoms with Crippen LogP contribution >= 0.6 is 0 Å².